The molecule has 3 nitrogen and oxygen atoms in total. The predicted molar refractivity (Wildman–Crippen MR) is 84.3 cm³/mol. The van der Waals surface area contributed by atoms with Crippen LogP contribution in [0.3, 0.4) is 0 Å². The van der Waals surface area contributed by atoms with Gasteiger partial charge in [-0.2, -0.15) is 0 Å². The van der Waals surface area contributed by atoms with Crippen molar-refractivity contribution in [1.29, 1.82) is 0 Å². The summed E-state index contributed by atoms with van der Waals surface area (Å²) in [6, 6.07) is 11.1. The Hall–Kier alpha value is -2.27. The zero-order chi connectivity index (χ0) is 17.0. The van der Waals surface area contributed by atoms with Crippen LogP contribution in [0.1, 0.15) is 30.9 Å². The van der Waals surface area contributed by atoms with Crippen LogP contribution in [0.15, 0.2) is 48.5 Å². The number of halogens is 2. The number of rotatable bonds is 6. The molecule has 0 saturated carbocycles. The zero-order valence-corrected chi connectivity index (χ0v) is 13.0. The minimum absolute atomic E-state index is 0.224. The Morgan fingerprint density at radius 3 is 1.65 bits per heavy atom. The van der Waals surface area contributed by atoms with Crippen molar-refractivity contribution in [2.75, 3.05) is 0 Å². The quantitative estimate of drug-likeness (QED) is 0.856. The molecular formula is C18H19F2NO2. The summed E-state index contributed by atoms with van der Waals surface area (Å²) in [4.78, 5) is 11.1. The molecule has 2 rings (SSSR count). The summed E-state index contributed by atoms with van der Waals surface area (Å²) in [6.45, 7) is 3.42. The first-order valence-electron chi connectivity index (χ1n) is 7.38. The average molecular weight is 319 g/mol. The molecule has 2 aromatic carbocycles. The highest BCUT2D eigenvalue weighted by atomic mass is 19.1. The summed E-state index contributed by atoms with van der Waals surface area (Å²) in [5, 5.41) is 12.1. The van der Waals surface area contributed by atoms with E-state index in [1.807, 2.05) is 6.92 Å². The lowest BCUT2D eigenvalue weighted by atomic mass is 9.85. The summed E-state index contributed by atoms with van der Waals surface area (Å²) in [6.07, 6.45) is 0. The van der Waals surface area contributed by atoms with Crippen molar-refractivity contribution < 1.29 is 18.7 Å². The maximum absolute atomic E-state index is 13.2. The van der Waals surface area contributed by atoms with Crippen molar-refractivity contribution in [2.24, 2.45) is 0 Å². The summed E-state index contributed by atoms with van der Waals surface area (Å²) in [5.74, 6) is -1.86. The molecule has 0 aromatic heterocycles. The summed E-state index contributed by atoms with van der Waals surface area (Å²) < 4.78 is 26.4. The van der Waals surface area contributed by atoms with Gasteiger partial charge in [0, 0.05) is 12.0 Å². The monoisotopic (exact) mass is 319 g/mol. The Bertz CT molecular complexity index is 610. The number of carboxylic acid groups (broad SMARTS) is 1. The van der Waals surface area contributed by atoms with Gasteiger partial charge in [0.2, 0.25) is 0 Å². The third-order valence-corrected chi connectivity index (χ3v) is 3.84. The van der Waals surface area contributed by atoms with Crippen molar-refractivity contribution in [1.82, 2.24) is 5.32 Å². The molecule has 122 valence electrons. The van der Waals surface area contributed by atoms with Gasteiger partial charge in [-0.25, -0.2) is 8.78 Å². The number of hydrogen-bond donors (Lipinski definition) is 2. The van der Waals surface area contributed by atoms with Gasteiger partial charge in [0.05, 0.1) is 0 Å². The molecule has 0 spiro atoms. The third kappa shape index (κ3) is 4.36. The van der Waals surface area contributed by atoms with E-state index in [0.29, 0.717) is 0 Å². The van der Waals surface area contributed by atoms with E-state index in [0.717, 1.165) is 11.1 Å². The molecule has 0 aliphatic heterocycles. The molecule has 0 heterocycles. The van der Waals surface area contributed by atoms with Gasteiger partial charge in [-0.1, -0.05) is 24.3 Å². The fourth-order valence-electron chi connectivity index (χ4n) is 2.67. The first kappa shape index (κ1) is 17.1. The number of benzene rings is 2. The first-order chi connectivity index (χ1) is 10.9. The maximum atomic E-state index is 13.2. The average Bonchev–Trinajstić information content (AvgIpc) is 2.51. The lowest BCUT2D eigenvalue weighted by molar-refractivity contribution is -0.139. The van der Waals surface area contributed by atoms with E-state index in [2.05, 4.69) is 5.32 Å². The number of nitrogens with one attached hydrogen (secondary N) is 1. The molecule has 0 amide bonds. The normalized spacial score (nSPS) is 13.8. The third-order valence-electron chi connectivity index (χ3n) is 3.84. The molecule has 0 radical (unpaired) electrons. The SMILES string of the molecule is CC(N[C@@H](C)C(=O)O)C(c1ccc(F)cc1)c1ccc(F)cc1. The van der Waals surface area contributed by atoms with E-state index in [-0.39, 0.29) is 23.6 Å². The molecule has 2 N–H and O–H groups in total. The lowest BCUT2D eigenvalue weighted by Gasteiger charge is -2.27. The van der Waals surface area contributed by atoms with E-state index < -0.39 is 12.0 Å². The Morgan fingerprint density at radius 1 is 0.913 bits per heavy atom. The van der Waals surface area contributed by atoms with Gasteiger partial charge in [0.1, 0.15) is 17.7 Å². The second kappa shape index (κ2) is 7.33. The Labute approximate surface area is 134 Å². The minimum atomic E-state index is -0.950. The zero-order valence-electron chi connectivity index (χ0n) is 13.0. The Morgan fingerprint density at radius 2 is 1.30 bits per heavy atom. The molecular weight excluding hydrogens is 300 g/mol. The van der Waals surface area contributed by atoms with Crippen LogP contribution in [0.2, 0.25) is 0 Å². The lowest BCUT2D eigenvalue weighted by Crippen LogP contribution is -2.43. The molecule has 5 heteroatoms. The molecule has 23 heavy (non-hydrogen) atoms. The van der Waals surface area contributed by atoms with E-state index in [9.17, 15) is 13.6 Å². The molecule has 0 bridgehead atoms. The fourth-order valence-corrected chi connectivity index (χ4v) is 2.67. The highest BCUT2D eigenvalue weighted by Gasteiger charge is 2.24. The second-order valence-electron chi connectivity index (χ2n) is 5.60. The van der Waals surface area contributed by atoms with Gasteiger partial charge < -0.3 is 10.4 Å². The van der Waals surface area contributed by atoms with Crippen LogP contribution in [-0.4, -0.2) is 23.2 Å². The Kier molecular flexibility index (Phi) is 5.45. The van der Waals surface area contributed by atoms with Crippen LogP contribution >= 0.6 is 0 Å². The van der Waals surface area contributed by atoms with Gasteiger partial charge in [0.15, 0.2) is 0 Å². The number of hydrogen-bond acceptors (Lipinski definition) is 2. The van der Waals surface area contributed by atoms with Gasteiger partial charge in [-0.15, -0.1) is 0 Å². The molecule has 2 aromatic rings. The highest BCUT2D eigenvalue weighted by Crippen LogP contribution is 2.28. The summed E-state index contributed by atoms with van der Waals surface area (Å²) in [7, 11) is 0. The summed E-state index contributed by atoms with van der Waals surface area (Å²) in [5.41, 5.74) is 1.66. The largest absolute Gasteiger partial charge is 0.480 e. The van der Waals surface area contributed by atoms with Crippen molar-refractivity contribution in [2.45, 2.75) is 31.8 Å². The standard InChI is InChI=1S/C18H19F2NO2/c1-11(21-12(2)18(22)23)17(13-3-7-15(19)8-4-13)14-5-9-16(20)10-6-14/h3-12,17,21H,1-2H3,(H,22,23)/t11?,12-/m0/s1. The summed E-state index contributed by atoms with van der Waals surface area (Å²) >= 11 is 0. The van der Waals surface area contributed by atoms with Crippen molar-refractivity contribution in [3.05, 3.63) is 71.3 Å². The molecule has 1 unspecified atom stereocenters. The molecule has 0 aliphatic carbocycles. The second-order valence-corrected chi connectivity index (χ2v) is 5.60. The molecule has 0 fully saturated rings. The fraction of sp³-hybridized carbons (Fsp3) is 0.278. The molecule has 2 atom stereocenters. The van der Waals surface area contributed by atoms with Gasteiger partial charge in [0.25, 0.3) is 0 Å². The number of aliphatic carboxylic acids is 1. The number of carbonyl (C=O) groups is 1. The van der Waals surface area contributed by atoms with E-state index in [4.69, 9.17) is 5.11 Å². The molecule has 0 aliphatic rings. The van der Waals surface area contributed by atoms with E-state index >= 15 is 0 Å². The van der Waals surface area contributed by atoms with Crippen molar-refractivity contribution >= 4 is 5.97 Å². The van der Waals surface area contributed by atoms with Gasteiger partial charge >= 0.3 is 5.97 Å². The van der Waals surface area contributed by atoms with Crippen LogP contribution in [0.25, 0.3) is 0 Å². The number of carboxylic acids is 1. The maximum Gasteiger partial charge on any atom is 0.320 e. The van der Waals surface area contributed by atoms with E-state index in [1.54, 1.807) is 31.2 Å². The van der Waals surface area contributed by atoms with Crippen LogP contribution in [0.4, 0.5) is 8.78 Å². The smallest absolute Gasteiger partial charge is 0.320 e. The topological polar surface area (TPSA) is 49.3 Å². The van der Waals surface area contributed by atoms with Crippen LogP contribution in [0.5, 0.6) is 0 Å². The van der Waals surface area contributed by atoms with Crippen LogP contribution in [-0.2, 0) is 4.79 Å². The molecule has 0 saturated heterocycles. The van der Waals surface area contributed by atoms with Gasteiger partial charge in [-0.3, -0.25) is 4.79 Å². The minimum Gasteiger partial charge on any atom is -0.480 e. The highest BCUT2D eigenvalue weighted by molar-refractivity contribution is 5.72. The first-order valence-corrected chi connectivity index (χ1v) is 7.38. The van der Waals surface area contributed by atoms with Crippen LogP contribution < -0.4 is 5.32 Å². The van der Waals surface area contributed by atoms with Crippen LogP contribution in [0, 0.1) is 11.6 Å². The van der Waals surface area contributed by atoms with Crippen molar-refractivity contribution in [3.8, 4) is 0 Å². The Balaban J connectivity index is 2.36. The van der Waals surface area contributed by atoms with Crippen molar-refractivity contribution in [3.63, 3.8) is 0 Å². The van der Waals surface area contributed by atoms with E-state index in [1.165, 1.54) is 24.3 Å². The predicted octanol–water partition coefficient (Wildman–Crippen LogP) is 3.55. The van der Waals surface area contributed by atoms with Gasteiger partial charge in [-0.05, 0) is 49.2 Å².